The van der Waals surface area contributed by atoms with Crippen molar-refractivity contribution in [1.82, 2.24) is 14.9 Å². The van der Waals surface area contributed by atoms with E-state index in [9.17, 15) is 13.2 Å². The van der Waals surface area contributed by atoms with E-state index in [0.717, 1.165) is 13.1 Å². The van der Waals surface area contributed by atoms with E-state index in [1.165, 1.54) is 6.07 Å². The second kappa shape index (κ2) is 7.08. The van der Waals surface area contributed by atoms with Gasteiger partial charge in [-0.2, -0.15) is 0 Å². The average Bonchev–Trinajstić information content (AvgIpc) is 2.78. The van der Waals surface area contributed by atoms with Crippen LogP contribution in [0.25, 0.3) is 0 Å². The zero-order valence-corrected chi connectivity index (χ0v) is 15.2. The van der Waals surface area contributed by atoms with Gasteiger partial charge in [0.1, 0.15) is 11.9 Å². The molecule has 2 heterocycles. The fourth-order valence-electron chi connectivity index (χ4n) is 2.89. The number of halogens is 1. The highest BCUT2D eigenvalue weighted by atomic mass is 35.5. The Balaban J connectivity index is 0.00000208. The third kappa shape index (κ3) is 3.40. The number of hydrogen-bond acceptors (Lipinski definition) is 5. The SMILES string of the molecule is CC(N=C1NS(=O)(=O)c2ccccc21)C(=O)N1CCNCC1C.Cl. The first kappa shape index (κ1) is 18.7. The summed E-state index contributed by atoms with van der Waals surface area (Å²) in [7, 11) is -3.58. The van der Waals surface area contributed by atoms with Crippen molar-refractivity contribution in [3.63, 3.8) is 0 Å². The molecule has 2 N–H and O–H groups in total. The Labute approximate surface area is 148 Å². The number of hydrogen-bond donors (Lipinski definition) is 2. The van der Waals surface area contributed by atoms with Gasteiger partial charge in [-0.3, -0.25) is 14.5 Å². The Bertz CT molecular complexity index is 766. The minimum Gasteiger partial charge on any atom is -0.336 e. The summed E-state index contributed by atoms with van der Waals surface area (Å²) >= 11 is 0. The first-order valence-electron chi connectivity index (χ1n) is 7.61. The minimum absolute atomic E-state index is 0. The minimum atomic E-state index is -3.58. The van der Waals surface area contributed by atoms with Crippen LogP contribution < -0.4 is 10.0 Å². The molecule has 9 heteroatoms. The number of sulfonamides is 1. The molecule has 2 unspecified atom stereocenters. The Hall–Kier alpha value is -1.64. The number of amides is 1. The van der Waals surface area contributed by atoms with Crippen molar-refractivity contribution in [2.75, 3.05) is 19.6 Å². The summed E-state index contributed by atoms with van der Waals surface area (Å²) in [5.74, 6) is 0.152. The molecule has 132 valence electrons. The lowest BCUT2D eigenvalue weighted by Gasteiger charge is -2.35. The average molecular weight is 373 g/mol. The van der Waals surface area contributed by atoms with Gasteiger partial charge in [-0.05, 0) is 26.0 Å². The van der Waals surface area contributed by atoms with Crippen molar-refractivity contribution in [3.05, 3.63) is 29.8 Å². The highest BCUT2D eigenvalue weighted by molar-refractivity contribution is 7.90. The van der Waals surface area contributed by atoms with Gasteiger partial charge in [-0.15, -0.1) is 12.4 Å². The van der Waals surface area contributed by atoms with Crippen molar-refractivity contribution in [1.29, 1.82) is 0 Å². The van der Waals surface area contributed by atoms with Gasteiger partial charge >= 0.3 is 0 Å². The van der Waals surface area contributed by atoms with E-state index < -0.39 is 16.1 Å². The lowest BCUT2D eigenvalue weighted by Crippen LogP contribution is -2.54. The predicted octanol–water partition coefficient (Wildman–Crippen LogP) is 0.356. The predicted molar refractivity (Wildman–Crippen MR) is 94.1 cm³/mol. The van der Waals surface area contributed by atoms with Gasteiger partial charge in [0.25, 0.3) is 10.0 Å². The van der Waals surface area contributed by atoms with Gasteiger partial charge in [-0.25, -0.2) is 8.42 Å². The molecule has 1 saturated heterocycles. The van der Waals surface area contributed by atoms with E-state index >= 15 is 0 Å². The number of rotatable bonds is 2. The number of nitrogens with zero attached hydrogens (tertiary/aromatic N) is 2. The van der Waals surface area contributed by atoms with Gasteiger partial charge in [0, 0.05) is 31.2 Å². The fourth-order valence-corrected chi connectivity index (χ4v) is 4.13. The zero-order chi connectivity index (χ0) is 16.6. The normalized spacial score (nSPS) is 24.7. The van der Waals surface area contributed by atoms with Crippen molar-refractivity contribution in [2.45, 2.75) is 30.8 Å². The number of piperazine rings is 1. The van der Waals surface area contributed by atoms with Gasteiger partial charge in [0.2, 0.25) is 5.91 Å². The molecule has 2 atom stereocenters. The Kier molecular flexibility index (Phi) is 5.52. The summed E-state index contributed by atoms with van der Waals surface area (Å²) in [6.07, 6.45) is 0. The molecule has 3 rings (SSSR count). The number of carbonyl (C=O) groups is 1. The number of amidine groups is 1. The molecular formula is C15H21ClN4O3S. The summed E-state index contributed by atoms with van der Waals surface area (Å²) in [6, 6.07) is 6.10. The maximum atomic E-state index is 12.6. The molecule has 0 aromatic heterocycles. The van der Waals surface area contributed by atoms with Crippen LogP contribution in [0.15, 0.2) is 34.2 Å². The summed E-state index contributed by atoms with van der Waals surface area (Å²) < 4.78 is 26.6. The fraction of sp³-hybridized carbons (Fsp3) is 0.467. The van der Waals surface area contributed by atoms with Gasteiger partial charge in [0.15, 0.2) is 0 Å². The highest BCUT2D eigenvalue weighted by Crippen LogP contribution is 2.22. The Morgan fingerprint density at radius 1 is 1.38 bits per heavy atom. The summed E-state index contributed by atoms with van der Waals surface area (Å²) in [6.45, 7) is 5.83. The number of fused-ring (bicyclic) bond motifs is 1. The topological polar surface area (TPSA) is 90.9 Å². The lowest BCUT2D eigenvalue weighted by atomic mass is 10.1. The lowest BCUT2D eigenvalue weighted by molar-refractivity contribution is -0.134. The van der Waals surface area contributed by atoms with Crippen molar-refractivity contribution >= 4 is 34.2 Å². The maximum Gasteiger partial charge on any atom is 0.263 e. The van der Waals surface area contributed by atoms with Crippen LogP contribution in [0.4, 0.5) is 0 Å². The highest BCUT2D eigenvalue weighted by Gasteiger charge is 2.32. The van der Waals surface area contributed by atoms with Crippen LogP contribution in [-0.2, 0) is 14.8 Å². The molecule has 1 aromatic rings. The monoisotopic (exact) mass is 372 g/mol. The molecule has 0 radical (unpaired) electrons. The first-order chi connectivity index (χ1) is 10.9. The van der Waals surface area contributed by atoms with Crippen molar-refractivity contribution in [3.8, 4) is 0 Å². The van der Waals surface area contributed by atoms with Crippen molar-refractivity contribution in [2.24, 2.45) is 4.99 Å². The molecule has 1 fully saturated rings. The summed E-state index contributed by atoms with van der Waals surface area (Å²) in [5.41, 5.74) is 0.514. The smallest absolute Gasteiger partial charge is 0.263 e. The van der Waals surface area contributed by atoms with E-state index in [1.807, 2.05) is 6.92 Å². The number of aliphatic imine (C=N–C) groups is 1. The Morgan fingerprint density at radius 2 is 2.08 bits per heavy atom. The molecular weight excluding hydrogens is 352 g/mol. The van der Waals surface area contributed by atoms with Gasteiger partial charge in [0.05, 0.1) is 4.90 Å². The van der Waals surface area contributed by atoms with Crippen LogP contribution >= 0.6 is 12.4 Å². The van der Waals surface area contributed by atoms with E-state index in [1.54, 1.807) is 30.0 Å². The van der Waals surface area contributed by atoms with E-state index in [0.29, 0.717) is 12.1 Å². The zero-order valence-electron chi connectivity index (χ0n) is 13.5. The third-order valence-electron chi connectivity index (χ3n) is 4.13. The van der Waals surface area contributed by atoms with Crippen LogP contribution in [0.2, 0.25) is 0 Å². The second-order valence-corrected chi connectivity index (χ2v) is 7.49. The second-order valence-electron chi connectivity index (χ2n) is 5.84. The van der Waals surface area contributed by atoms with Crippen LogP contribution in [-0.4, -0.2) is 56.8 Å². The van der Waals surface area contributed by atoms with Gasteiger partial charge < -0.3 is 10.2 Å². The van der Waals surface area contributed by atoms with Crippen LogP contribution in [0.5, 0.6) is 0 Å². The van der Waals surface area contributed by atoms with E-state index in [2.05, 4.69) is 15.0 Å². The third-order valence-corrected chi connectivity index (χ3v) is 5.52. The molecule has 1 amide bonds. The van der Waals surface area contributed by atoms with Crippen molar-refractivity contribution < 1.29 is 13.2 Å². The first-order valence-corrected chi connectivity index (χ1v) is 9.09. The molecule has 1 aromatic carbocycles. The van der Waals surface area contributed by atoms with Gasteiger partial charge in [-0.1, -0.05) is 12.1 Å². The number of carbonyl (C=O) groups excluding carboxylic acids is 1. The number of benzene rings is 1. The standard InChI is InChI=1S/C15H20N4O3S.ClH/c1-10-9-16-7-8-19(10)15(20)11(2)17-14-12-5-3-4-6-13(12)23(21,22)18-14;/h3-6,10-11,16H,7-9H2,1-2H3,(H,17,18);1H. The molecule has 0 aliphatic carbocycles. The number of nitrogens with one attached hydrogen (secondary N) is 2. The maximum absolute atomic E-state index is 12.6. The molecule has 2 aliphatic heterocycles. The van der Waals surface area contributed by atoms with Crippen LogP contribution in [0.1, 0.15) is 19.4 Å². The largest absolute Gasteiger partial charge is 0.336 e. The molecule has 2 aliphatic rings. The Morgan fingerprint density at radius 3 is 2.79 bits per heavy atom. The van der Waals surface area contributed by atoms with Crippen LogP contribution in [0.3, 0.4) is 0 Å². The van der Waals surface area contributed by atoms with E-state index in [4.69, 9.17) is 0 Å². The molecule has 0 bridgehead atoms. The molecule has 0 saturated carbocycles. The molecule has 0 spiro atoms. The molecule has 7 nitrogen and oxygen atoms in total. The summed E-state index contributed by atoms with van der Waals surface area (Å²) in [5, 5.41) is 3.23. The van der Waals surface area contributed by atoms with Crippen LogP contribution in [0, 0.1) is 0 Å². The summed E-state index contributed by atoms with van der Waals surface area (Å²) in [4.78, 5) is 18.9. The van der Waals surface area contributed by atoms with E-state index in [-0.39, 0.29) is 35.1 Å². The quantitative estimate of drug-likeness (QED) is 0.784. The molecule has 24 heavy (non-hydrogen) atoms.